The smallest absolute Gasteiger partial charge is 0.150 e. The summed E-state index contributed by atoms with van der Waals surface area (Å²) in [5.41, 5.74) is 0. The van der Waals surface area contributed by atoms with Gasteiger partial charge in [-0.05, 0) is 11.4 Å². The van der Waals surface area contributed by atoms with Gasteiger partial charge in [-0.25, -0.2) is 0 Å². The molecule has 14 heavy (non-hydrogen) atoms. The van der Waals surface area contributed by atoms with E-state index < -0.39 is 14.4 Å². The zero-order valence-electron chi connectivity index (χ0n) is 6.35. The van der Waals surface area contributed by atoms with E-state index in [2.05, 4.69) is 0 Å². The van der Waals surface area contributed by atoms with Gasteiger partial charge in [-0.1, -0.05) is 19.4 Å². The Morgan fingerprint density at radius 1 is 1.00 bits per heavy atom. The lowest BCUT2D eigenvalue weighted by molar-refractivity contribution is 0.368. The molecule has 0 atom stereocenters. The van der Waals surface area contributed by atoms with Crippen LogP contribution in [-0.2, 0) is 0 Å². The Morgan fingerprint density at radius 2 is 1.64 bits per heavy atom. The highest BCUT2D eigenvalue weighted by Crippen LogP contribution is 3.02. The zero-order valence-corrected chi connectivity index (χ0v) is 8.80. The van der Waals surface area contributed by atoms with Crippen molar-refractivity contribution in [2.75, 3.05) is 0 Å². The summed E-state index contributed by atoms with van der Waals surface area (Å²) in [4.78, 5) is 0. The first-order valence-electron chi connectivity index (χ1n) is 3.26. The van der Waals surface area contributed by atoms with Crippen molar-refractivity contribution in [1.82, 2.24) is 0 Å². The maximum atomic E-state index is 12.3. The Morgan fingerprint density at radius 3 is 2.14 bits per heavy atom. The van der Waals surface area contributed by atoms with Crippen LogP contribution in [0.15, 0.2) is 21.0 Å². The number of fused-ring (bicyclic) bond motifs is 1. The average Bonchev–Trinajstić information content (AvgIpc) is 2.32. The summed E-state index contributed by atoms with van der Waals surface area (Å²) in [6.07, 6.45) is 0. The minimum Gasteiger partial charge on any atom is -0.150 e. The third kappa shape index (κ3) is 1.73. The van der Waals surface area contributed by atoms with Gasteiger partial charge in [-0.2, -0.15) is 11.3 Å². The molecular weight excluding hydrogens is 263 g/mol. The second-order valence-corrected chi connectivity index (χ2v) is 7.19. The number of hydrogen-bond donors (Lipinski definition) is 0. The van der Waals surface area contributed by atoms with Gasteiger partial charge in [0.25, 0.3) is 0 Å². The molecule has 2 rings (SSSR count). The number of halogens is 5. The predicted molar refractivity (Wildman–Crippen MR) is 51.1 cm³/mol. The normalized spacial score (nSPS) is 18.1. The molecule has 0 amide bonds. The molecule has 2 aromatic heterocycles. The van der Waals surface area contributed by atoms with Crippen LogP contribution in [0, 0.1) is 0 Å². The molecule has 0 radical (unpaired) electrons. The van der Waals surface area contributed by atoms with Crippen molar-refractivity contribution in [2.45, 2.75) is 4.21 Å². The van der Waals surface area contributed by atoms with E-state index in [1.165, 1.54) is 22.1 Å². The molecule has 2 heterocycles. The topological polar surface area (TPSA) is 0 Å². The quantitative estimate of drug-likeness (QED) is 0.587. The summed E-state index contributed by atoms with van der Waals surface area (Å²) < 4.78 is 59.9. The molecule has 0 fully saturated rings. The van der Waals surface area contributed by atoms with E-state index in [4.69, 9.17) is 0 Å². The Balaban J connectivity index is 2.73. The minimum absolute atomic E-state index is 0.0965. The van der Waals surface area contributed by atoms with E-state index in [1.54, 1.807) is 0 Å². The summed E-state index contributed by atoms with van der Waals surface area (Å²) in [7, 11) is -9.46. The van der Waals surface area contributed by atoms with Crippen LogP contribution in [0.25, 0.3) is 10.1 Å². The summed E-state index contributed by atoms with van der Waals surface area (Å²) >= 11 is 1.28. The maximum absolute atomic E-state index is 12.3. The van der Waals surface area contributed by atoms with Crippen LogP contribution in [0.3, 0.4) is 0 Å². The fourth-order valence-corrected chi connectivity index (χ4v) is 3.93. The molecule has 0 aliphatic heterocycles. The SMILES string of the molecule is FS(F)(F)(F)(F)c1cc2cscc2s1. The average molecular weight is 266 g/mol. The molecule has 0 saturated carbocycles. The number of thiophene rings is 2. The van der Waals surface area contributed by atoms with Gasteiger partial charge in [0.1, 0.15) is 0 Å². The highest BCUT2D eigenvalue weighted by Gasteiger charge is 2.66. The highest BCUT2D eigenvalue weighted by molar-refractivity contribution is 8.46. The van der Waals surface area contributed by atoms with E-state index in [-0.39, 0.29) is 21.4 Å². The van der Waals surface area contributed by atoms with Crippen LogP contribution in [-0.4, -0.2) is 0 Å². The van der Waals surface area contributed by atoms with E-state index >= 15 is 0 Å². The van der Waals surface area contributed by atoms with Crippen molar-refractivity contribution in [2.24, 2.45) is 0 Å². The van der Waals surface area contributed by atoms with Gasteiger partial charge < -0.3 is 0 Å². The molecule has 2 aromatic rings. The van der Waals surface area contributed by atoms with Gasteiger partial charge in [0, 0.05) is 15.5 Å². The molecular formula is C6H3F5S3. The van der Waals surface area contributed by atoms with E-state index in [0.29, 0.717) is 6.07 Å². The maximum Gasteiger partial charge on any atom is 0.318 e. The summed E-state index contributed by atoms with van der Waals surface area (Å²) in [6, 6.07) is 0.512. The summed E-state index contributed by atoms with van der Waals surface area (Å²) in [5, 5.41) is 3.06. The highest BCUT2D eigenvalue weighted by atomic mass is 32.5. The molecule has 8 heteroatoms. The van der Waals surface area contributed by atoms with Crippen molar-refractivity contribution in [3.05, 3.63) is 16.8 Å². The van der Waals surface area contributed by atoms with E-state index in [1.807, 2.05) is 0 Å². The Bertz CT molecular complexity index is 461. The molecule has 0 spiro atoms. The van der Waals surface area contributed by atoms with Gasteiger partial charge in [0.2, 0.25) is 0 Å². The van der Waals surface area contributed by atoms with Crippen LogP contribution in [0.5, 0.6) is 0 Å². The molecule has 0 bridgehead atoms. The van der Waals surface area contributed by atoms with Crippen LogP contribution in [0.1, 0.15) is 0 Å². The molecule has 0 unspecified atom stereocenters. The molecule has 0 saturated heterocycles. The lowest BCUT2D eigenvalue weighted by Gasteiger charge is -2.38. The van der Waals surface area contributed by atoms with Crippen molar-refractivity contribution >= 4 is 43.0 Å². The molecule has 0 aliphatic rings. The minimum atomic E-state index is -9.46. The van der Waals surface area contributed by atoms with Gasteiger partial charge in [-0.15, -0.1) is 11.3 Å². The van der Waals surface area contributed by atoms with Crippen molar-refractivity contribution in [3.8, 4) is 0 Å². The Kier molecular flexibility index (Phi) is 1.52. The van der Waals surface area contributed by atoms with Gasteiger partial charge in [0.05, 0.1) is 0 Å². The Labute approximate surface area is 83.7 Å². The standard InChI is InChI=1S/C6H3F5S3/c7-14(8,9,10,11)6-1-4-2-12-3-5(4)13-6/h1-3H. The molecule has 0 aliphatic carbocycles. The van der Waals surface area contributed by atoms with Crippen LogP contribution in [0.2, 0.25) is 0 Å². The van der Waals surface area contributed by atoms with Gasteiger partial charge >= 0.3 is 10.2 Å². The van der Waals surface area contributed by atoms with E-state index in [0.717, 1.165) is 0 Å². The van der Waals surface area contributed by atoms with Crippen LogP contribution < -0.4 is 0 Å². The van der Waals surface area contributed by atoms with Crippen molar-refractivity contribution in [3.63, 3.8) is 0 Å². The van der Waals surface area contributed by atoms with Crippen LogP contribution >= 0.6 is 32.9 Å². The lowest BCUT2D eigenvalue weighted by atomic mass is 10.4. The molecule has 0 aromatic carbocycles. The number of hydrogen-bond acceptors (Lipinski definition) is 2. The molecule has 0 nitrogen and oxygen atoms in total. The second-order valence-electron chi connectivity index (χ2n) is 2.73. The monoisotopic (exact) mass is 266 g/mol. The first kappa shape index (κ1) is 10.2. The summed E-state index contributed by atoms with van der Waals surface area (Å²) in [6.45, 7) is 0. The van der Waals surface area contributed by atoms with E-state index in [9.17, 15) is 19.4 Å². The van der Waals surface area contributed by atoms with Gasteiger partial charge in [-0.3, -0.25) is 0 Å². The first-order chi connectivity index (χ1) is 6.06. The first-order valence-corrected chi connectivity index (χ1v) is 6.97. The van der Waals surface area contributed by atoms with Gasteiger partial charge in [0.15, 0.2) is 4.21 Å². The third-order valence-electron chi connectivity index (χ3n) is 1.52. The Hall–Kier alpha value is -0.340. The summed E-state index contributed by atoms with van der Waals surface area (Å²) in [5.74, 6) is 0. The predicted octanol–water partition coefficient (Wildman–Crippen LogP) is 5.62. The fraction of sp³-hybridized carbons (Fsp3) is 0. The number of rotatable bonds is 1. The van der Waals surface area contributed by atoms with Crippen molar-refractivity contribution in [1.29, 1.82) is 0 Å². The third-order valence-corrected chi connectivity index (χ3v) is 5.40. The molecule has 80 valence electrons. The molecule has 0 N–H and O–H groups in total. The fourth-order valence-electron chi connectivity index (χ4n) is 0.938. The second kappa shape index (κ2) is 2.10. The largest absolute Gasteiger partial charge is 0.318 e. The zero-order chi connectivity index (χ0) is 10.7. The lowest BCUT2D eigenvalue weighted by Crippen LogP contribution is -2.02. The van der Waals surface area contributed by atoms with Crippen LogP contribution in [0.4, 0.5) is 19.4 Å². The van der Waals surface area contributed by atoms with Crippen molar-refractivity contribution < 1.29 is 19.4 Å².